The molecule has 1 aromatic rings. The summed E-state index contributed by atoms with van der Waals surface area (Å²) in [4.78, 5) is 0. The van der Waals surface area contributed by atoms with E-state index in [2.05, 4.69) is 12.1 Å². The third-order valence-corrected chi connectivity index (χ3v) is 3.92. The van der Waals surface area contributed by atoms with E-state index in [-0.39, 0.29) is 6.10 Å². The summed E-state index contributed by atoms with van der Waals surface area (Å²) in [6.07, 6.45) is 6.29. The second kappa shape index (κ2) is 7.51. The van der Waals surface area contributed by atoms with Gasteiger partial charge in [0.05, 0.1) is 12.7 Å². The normalized spacial score (nSPS) is 17.6. The van der Waals surface area contributed by atoms with Gasteiger partial charge in [0.1, 0.15) is 5.75 Å². The highest BCUT2D eigenvalue weighted by molar-refractivity contribution is 5.29. The third kappa shape index (κ3) is 4.51. The first-order chi connectivity index (χ1) is 9.31. The number of benzene rings is 1. The number of nitrogens with two attached hydrogens (primary N) is 1. The van der Waals surface area contributed by atoms with E-state index in [1.54, 1.807) is 7.11 Å². The molecule has 0 bridgehead atoms. The van der Waals surface area contributed by atoms with Crippen LogP contribution >= 0.6 is 0 Å². The van der Waals surface area contributed by atoms with E-state index in [1.807, 2.05) is 12.1 Å². The van der Waals surface area contributed by atoms with Gasteiger partial charge < -0.3 is 15.2 Å². The molecule has 1 aliphatic rings. The molecule has 1 aromatic carbocycles. The Hall–Kier alpha value is -1.06. The molecule has 3 nitrogen and oxygen atoms in total. The van der Waals surface area contributed by atoms with Crippen LogP contribution in [0.25, 0.3) is 0 Å². The summed E-state index contributed by atoms with van der Waals surface area (Å²) in [5, 5.41) is 0. The molecule has 2 N–H and O–H groups in total. The molecule has 1 saturated carbocycles. The Morgan fingerprint density at radius 1 is 1.32 bits per heavy atom. The minimum atomic E-state index is 0.0880. The molecule has 0 amide bonds. The maximum absolute atomic E-state index is 5.91. The molecule has 0 saturated heterocycles. The van der Waals surface area contributed by atoms with Crippen molar-refractivity contribution < 1.29 is 9.47 Å². The van der Waals surface area contributed by atoms with Crippen molar-refractivity contribution in [2.24, 2.45) is 11.7 Å². The lowest BCUT2D eigenvalue weighted by molar-refractivity contribution is 0.110. The van der Waals surface area contributed by atoms with Gasteiger partial charge in [-0.05, 0) is 42.9 Å². The monoisotopic (exact) mass is 263 g/mol. The van der Waals surface area contributed by atoms with Crippen LogP contribution in [0.5, 0.6) is 5.75 Å². The zero-order chi connectivity index (χ0) is 13.5. The van der Waals surface area contributed by atoms with Gasteiger partial charge in [0.2, 0.25) is 0 Å². The Morgan fingerprint density at radius 2 is 2.11 bits per heavy atom. The van der Waals surface area contributed by atoms with E-state index >= 15 is 0 Å². The van der Waals surface area contributed by atoms with Gasteiger partial charge in [0, 0.05) is 13.7 Å². The summed E-state index contributed by atoms with van der Waals surface area (Å²) in [6, 6.07) is 8.28. The highest BCUT2D eigenvalue weighted by Gasteiger charge is 2.15. The molecule has 106 valence electrons. The molecule has 1 fully saturated rings. The van der Waals surface area contributed by atoms with E-state index in [0.717, 1.165) is 24.7 Å². The first-order valence-corrected chi connectivity index (χ1v) is 7.26. The van der Waals surface area contributed by atoms with Crippen molar-refractivity contribution in [2.75, 3.05) is 20.3 Å². The number of hydrogen-bond acceptors (Lipinski definition) is 3. The first kappa shape index (κ1) is 14.4. The zero-order valence-corrected chi connectivity index (χ0v) is 11.8. The Labute approximate surface area is 116 Å². The zero-order valence-electron chi connectivity index (χ0n) is 11.8. The Bertz CT molecular complexity index is 371. The highest BCUT2D eigenvalue weighted by atomic mass is 16.5. The minimum Gasteiger partial charge on any atom is -0.493 e. The predicted molar refractivity (Wildman–Crippen MR) is 77.5 cm³/mol. The molecule has 0 aliphatic heterocycles. The third-order valence-electron chi connectivity index (χ3n) is 3.92. The maximum Gasteiger partial charge on any atom is 0.119 e. The summed E-state index contributed by atoms with van der Waals surface area (Å²) >= 11 is 0. The molecular formula is C16H25NO2. The fraction of sp³-hybridized carbons (Fsp3) is 0.625. The average molecular weight is 263 g/mol. The van der Waals surface area contributed by atoms with Crippen molar-refractivity contribution >= 4 is 0 Å². The molecule has 0 heterocycles. The maximum atomic E-state index is 5.91. The Kier molecular flexibility index (Phi) is 5.67. The van der Waals surface area contributed by atoms with Crippen molar-refractivity contribution in [1.29, 1.82) is 0 Å². The van der Waals surface area contributed by atoms with Crippen LogP contribution in [0.2, 0.25) is 0 Å². The van der Waals surface area contributed by atoms with Gasteiger partial charge in [-0.2, -0.15) is 0 Å². The summed E-state index contributed by atoms with van der Waals surface area (Å²) < 4.78 is 11.2. The summed E-state index contributed by atoms with van der Waals surface area (Å²) in [5.74, 6) is 1.72. The lowest BCUT2D eigenvalue weighted by Gasteiger charge is -2.15. The van der Waals surface area contributed by atoms with Crippen molar-refractivity contribution in [1.82, 2.24) is 0 Å². The molecule has 0 unspecified atom stereocenters. The van der Waals surface area contributed by atoms with Crippen molar-refractivity contribution in [2.45, 2.75) is 38.2 Å². The summed E-state index contributed by atoms with van der Waals surface area (Å²) in [7, 11) is 1.71. The molecule has 0 aromatic heterocycles. The molecule has 19 heavy (non-hydrogen) atoms. The number of rotatable bonds is 7. The topological polar surface area (TPSA) is 44.5 Å². The van der Waals surface area contributed by atoms with Crippen LogP contribution in [-0.2, 0) is 11.2 Å². The van der Waals surface area contributed by atoms with Gasteiger partial charge in [-0.15, -0.1) is 0 Å². The number of ether oxygens (including phenoxy) is 2. The fourth-order valence-electron chi connectivity index (χ4n) is 2.68. The number of methoxy groups -OCH3 is 1. The van der Waals surface area contributed by atoms with E-state index < -0.39 is 0 Å². The molecule has 1 atom stereocenters. The molecule has 0 radical (unpaired) electrons. The van der Waals surface area contributed by atoms with E-state index in [4.69, 9.17) is 15.2 Å². The molecule has 1 aliphatic carbocycles. The van der Waals surface area contributed by atoms with Gasteiger partial charge in [-0.1, -0.05) is 25.0 Å². The van der Waals surface area contributed by atoms with Gasteiger partial charge in [-0.3, -0.25) is 0 Å². The fourth-order valence-corrected chi connectivity index (χ4v) is 2.68. The van der Waals surface area contributed by atoms with Gasteiger partial charge in [0.15, 0.2) is 0 Å². The summed E-state index contributed by atoms with van der Waals surface area (Å²) in [6.45, 7) is 1.40. The van der Waals surface area contributed by atoms with Crippen molar-refractivity contribution in [3.8, 4) is 5.75 Å². The van der Waals surface area contributed by atoms with Crippen molar-refractivity contribution in [3.63, 3.8) is 0 Å². The first-order valence-electron chi connectivity index (χ1n) is 7.26. The van der Waals surface area contributed by atoms with Gasteiger partial charge in [0.25, 0.3) is 0 Å². The largest absolute Gasteiger partial charge is 0.493 e. The molecular weight excluding hydrogens is 238 g/mol. The lowest BCUT2D eigenvalue weighted by Crippen LogP contribution is -2.24. The predicted octanol–water partition coefficient (Wildman–Crippen LogP) is 2.77. The molecule has 3 heteroatoms. The van der Waals surface area contributed by atoms with Gasteiger partial charge >= 0.3 is 0 Å². The van der Waals surface area contributed by atoms with E-state index in [9.17, 15) is 0 Å². The minimum absolute atomic E-state index is 0.0880. The Morgan fingerprint density at radius 3 is 2.79 bits per heavy atom. The van der Waals surface area contributed by atoms with Crippen LogP contribution in [0.1, 0.15) is 31.2 Å². The van der Waals surface area contributed by atoms with E-state index in [0.29, 0.717) is 6.54 Å². The number of hydrogen-bond donors (Lipinski definition) is 1. The second-order valence-electron chi connectivity index (χ2n) is 5.41. The van der Waals surface area contributed by atoms with Crippen LogP contribution in [-0.4, -0.2) is 26.4 Å². The van der Waals surface area contributed by atoms with Gasteiger partial charge in [-0.25, -0.2) is 0 Å². The SMILES string of the molecule is CO[C@@H](CN)Cc1cccc(OCC2CCCC2)c1. The van der Waals surface area contributed by atoms with Crippen LogP contribution in [0.15, 0.2) is 24.3 Å². The average Bonchev–Trinajstić information content (AvgIpc) is 2.96. The van der Waals surface area contributed by atoms with Crippen LogP contribution in [0, 0.1) is 5.92 Å². The quantitative estimate of drug-likeness (QED) is 0.822. The van der Waals surface area contributed by atoms with Crippen molar-refractivity contribution in [3.05, 3.63) is 29.8 Å². The van der Waals surface area contributed by atoms with Crippen LogP contribution in [0.4, 0.5) is 0 Å². The van der Waals surface area contributed by atoms with E-state index in [1.165, 1.54) is 31.2 Å². The second-order valence-corrected chi connectivity index (χ2v) is 5.41. The summed E-state index contributed by atoms with van der Waals surface area (Å²) in [5.41, 5.74) is 6.88. The molecule has 0 spiro atoms. The standard InChI is InChI=1S/C16H25NO2/c1-18-16(11-17)10-14-7-4-8-15(9-14)19-12-13-5-2-3-6-13/h4,7-9,13,16H,2-3,5-6,10-12,17H2,1H3/t16-/m1/s1. The highest BCUT2D eigenvalue weighted by Crippen LogP contribution is 2.26. The van der Waals surface area contributed by atoms with Crippen LogP contribution in [0.3, 0.4) is 0 Å². The van der Waals surface area contributed by atoms with Crippen LogP contribution < -0.4 is 10.5 Å². The lowest BCUT2D eigenvalue weighted by atomic mass is 10.1. The molecule has 2 rings (SSSR count). The Balaban J connectivity index is 1.86. The smallest absolute Gasteiger partial charge is 0.119 e.